The van der Waals surface area contributed by atoms with E-state index in [1.807, 2.05) is 4.90 Å². The fourth-order valence-corrected chi connectivity index (χ4v) is 2.41. The fraction of sp³-hybridized carbons (Fsp3) is 0.533. The monoisotopic (exact) mass is 281 g/mol. The highest BCUT2D eigenvalue weighted by Gasteiger charge is 2.23. The Morgan fingerprint density at radius 1 is 1.50 bits per heavy atom. The van der Waals surface area contributed by atoms with Crippen molar-refractivity contribution in [1.82, 2.24) is 4.90 Å². The Bertz CT molecular complexity index is 452. The maximum absolute atomic E-state index is 13.0. The molecule has 20 heavy (non-hydrogen) atoms. The Labute approximate surface area is 118 Å². The van der Waals surface area contributed by atoms with Gasteiger partial charge in [-0.05, 0) is 25.0 Å². The molecule has 1 amide bonds. The van der Waals surface area contributed by atoms with Crippen LogP contribution in [0.4, 0.5) is 4.39 Å². The standard InChI is InChI=1S/C15H20FNO3/c1-19-11-15(18)17-7-3-4-12(9-17)10-20-14-6-2-5-13(16)8-14/h2,5-6,8,12H,3-4,7,9-11H2,1H3/t12-/m0/s1. The first-order chi connectivity index (χ1) is 9.69. The lowest BCUT2D eigenvalue weighted by atomic mass is 9.99. The molecule has 5 heteroatoms. The zero-order chi connectivity index (χ0) is 14.4. The van der Waals surface area contributed by atoms with Gasteiger partial charge in [-0.15, -0.1) is 0 Å². The molecule has 1 fully saturated rings. The lowest BCUT2D eigenvalue weighted by Crippen LogP contribution is -2.43. The van der Waals surface area contributed by atoms with E-state index in [1.54, 1.807) is 12.1 Å². The van der Waals surface area contributed by atoms with Gasteiger partial charge in [0.25, 0.3) is 0 Å². The molecular formula is C15H20FNO3. The lowest BCUT2D eigenvalue weighted by molar-refractivity contribution is -0.137. The second kappa shape index (κ2) is 7.24. The third kappa shape index (κ3) is 4.20. The van der Waals surface area contributed by atoms with E-state index in [0.29, 0.717) is 18.9 Å². The van der Waals surface area contributed by atoms with Crippen LogP contribution in [0.15, 0.2) is 24.3 Å². The minimum atomic E-state index is -0.303. The Kier molecular flexibility index (Phi) is 5.35. The number of benzene rings is 1. The van der Waals surface area contributed by atoms with Gasteiger partial charge in [0.15, 0.2) is 0 Å². The Morgan fingerprint density at radius 2 is 2.35 bits per heavy atom. The second-order valence-electron chi connectivity index (χ2n) is 5.05. The zero-order valence-electron chi connectivity index (χ0n) is 11.7. The summed E-state index contributed by atoms with van der Waals surface area (Å²) in [6.07, 6.45) is 1.98. The number of hydrogen-bond donors (Lipinski definition) is 0. The molecule has 0 spiro atoms. The van der Waals surface area contributed by atoms with Crippen LogP contribution in [-0.2, 0) is 9.53 Å². The van der Waals surface area contributed by atoms with Gasteiger partial charge in [0, 0.05) is 32.2 Å². The van der Waals surface area contributed by atoms with Crippen LogP contribution in [0.3, 0.4) is 0 Å². The highest BCUT2D eigenvalue weighted by molar-refractivity contribution is 5.77. The molecule has 2 rings (SSSR count). The molecular weight excluding hydrogens is 261 g/mol. The highest BCUT2D eigenvalue weighted by Crippen LogP contribution is 2.19. The number of hydrogen-bond acceptors (Lipinski definition) is 3. The van der Waals surface area contributed by atoms with Crippen LogP contribution < -0.4 is 4.74 Å². The van der Waals surface area contributed by atoms with Gasteiger partial charge >= 0.3 is 0 Å². The van der Waals surface area contributed by atoms with E-state index in [0.717, 1.165) is 19.4 Å². The third-order valence-corrected chi connectivity index (χ3v) is 3.42. The van der Waals surface area contributed by atoms with Crippen LogP contribution in [0, 0.1) is 11.7 Å². The number of halogens is 1. The Hall–Kier alpha value is -1.62. The van der Waals surface area contributed by atoms with Crippen molar-refractivity contribution in [2.45, 2.75) is 12.8 Å². The van der Waals surface area contributed by atoms with E-state index in [9.17, 15) is 9.18 Å². The molecule has 1 aromatic rings. The minimum absolute atomic E-state index is 0.0166. The van der Waals surface area contributed by atoms with Crippen LogP contribution in [0.25, 0.3) is 0 Å². The largest absolute Gasteiger partial charge is 0.493 e. The molecule has 1 atom stereocenters. The van der Waals surface area contributed by atoms with Gasteiger partial charge in [-0.2, -0.15) is 0 Å². The fourth-order valence-electron chi connectivity index (χ4n) is 2.41. The van der Waals surface area contributed by atoms with Gasteiger partial charge < -0.3 is 14.4 Å². The summed E-state index contributed by atoms with van der Waals surface area (Å²) in [4.78, 5) is 13.6. The molecule has 4 nitrogen and oxygen atoms in total. The summed E-state index contributed by atoms with van der Waals surface area (Å²) in [5, 5.41) is 0. The van der Waals surface area contributed by atoms with Crippen molar-refractivity contribution < 1.29 is 18.7 Å². The number of rotatable bonds is 5. The summed E-state index contributed by atoms with van der Waals surface area (Å²) in [5.41, 5.74) is 0. The number of ether oxygens (including phenoxy) is 2. The molecule has 1 aliphatic heterocycles. The number of nitrogens with zero attached hydrogens (tertiary/aromatic N) is 1. The normalized spacial score (nSPS) is 18.9. The van der Waals surface area contributed by atoms with Crippen molar-refractivity contribution >= 4 is 5.91 Å². The Morgan fingerprint density at radius 3 is 3.10 bits per heavy atom. The van der Waals surface area contributed by atoms with E-state index >= 15 is 0 Å². The highest BCUT2D eigenvalue weighted by atomic mass is 19.1. The molecule has 1 saturated heterocycles. The summed E-state index contributed by atoms with van der Waals surface area (Å²) in [6.45, 7) is 2.08. The van der Waals surface area contributed by atoms with Crippen LogP contribution in [0.1, 0.15) is 12.8 Å². The Balaban J connectivity index is 1.82. The average molecular weight is 281 g/mol. The van der Waals surface area contributed by atoms with E-state index in [2.05, 4.69) is 0 Å². The van der Waals surface area contributed by atoms with E-state index in [-0.39, 0.29) is 24.2 Å². The number of methoxy groups -OCH3 is 1. The van der Waals surface area contributed by atoms with Gasteiger partial charge in [0.1, 0.15) is 18.2 Å². The van der Waals surface area contributed by atoms with Gasteiger partial charge in [0.2, 0.25) is 5.91 Å². The molecule has 0 radical (unpaired) electrons. The molecule has 1 heterocycles. The van der Waals surface area contributed by atoms with Crippen molar-refractivity contribution in [2.24, 2.45) is 5.92 Å². The van der Waals surface area contributed by atoms with Gasteiger partial charge in [0.05, 0.1) is 6.61 Å². The maximum Gasteiger partial charge on any atom is 0.248 e. The van der Waals surface area contributed by atoms with Crippen LogP contribution in [0.2, 0.25) is 0 Å². The molecule has 1 aliphatic rings. The van der Waals surface area contributed by atoms with E-state index in [1.165, 1.54) is 19.2 Å². The molecule has 0 saturated carbocycles. The van der Waals surface area contributed by atoms with Gasteiger partial charge in [-0.25, -0.2) is 4.39 Å². The first-order valence-corrected chi connectivity index (χ1v) is 6.84. The molecule has 0 N–H and O–H groups in total. The van der Waals surface area contributed by atoms with Crippen molar-refractivity contribution in [3.8, 4) is 5.75 Å². The van der Waals surface area contributed by atoms with Crippen molar-refractivity contribution in [2.75, 3.05) is 33.4 Å². The summed E-state index contributed by atoms with van der Waals surface area (Å²) in [7, 11) is 1.52. The smallest absolute Gasteiger partial charge is 0.248 e. The molecule has 110 valence electrons. The maximum atomic E-state index is 13.0. The third-order valence-electron chi connectivity index (χ3n) is 3.42. The molecule has 0 aliphatic carbocycles. The summed E-state index contributed by atoms with van der Waals surface area (Å²) >= 11 is 0. The first-order valence-electron chi connectivity index (χ1n) is 6.84. The van der Waals surface area contributed by atoms with E-state index in [4.69, 9.17) is 9.47 Å². The average Bonchev–Trinajstić information content (AvgIpc) is 2.46. The van der Waals surface area contributed by atoms with Crippen molar-refractivity contribution in [3.63, 3.8) is 0 Å². The molecule has 1 aromatic carbocycles. The summed E-state index contributed by atoms with van der Waals surface area (Å²) < 4.78 is 23.5. The van der Waals surface area contributed by atoms with Crippen molar-refractivity contribution in [1.29, 1.82) is 0 Å². The number of carbonyl (C=O) groups excluding carboxylic acids is 1. The predicted molar refractivity (Wildman–Crippen MR) is 73.1 cm³/mol. The number of likely N-dealkylation sites (tertiary alicyclic amines) is 1. The zero-order valence-corrected chi connectivity index (χ0v) is 11.7. The predicted octanol–water partition coefficient (Wildman–Crippen LogP) is 2.09. The number of amides is 1. The van der Waals surface area contributed by atoms with Crippen LogP contribution in [-0.4, -0.2) is 44.2 Å². The molecule has 0 unspecified atom stereocenters. The van der Waals surface area contributed by atoms with Crippen molar-refractivity contribution in [3.05, 3.63) is 30.1 Å². The number of carbonyl (C=O) groups is 1. The van der Waals surface area contributed by atoms with E-state index < -0.39 is 0 Å². The summed E-state index contributed by atoms with van der Waals surface area (Å²) in [5.74, 6) is 0.532. The molecule has 0 aromatic heterocycles. The van der Waals surface area contributed by atoms with Crippen LogP contribution in [0.5, 0.6) is 5.75 Å². The topological polar surface area (TPSA) is 38.8 Å². The van der Waals surface area contributed by atoms with Crippen LogP contribution >= 0.6 is 0 Å². The SMILES string of the molecule is COCC(=O)N1CCC[C@H](COc2cccc(F)c2)C1. The number of piperidine rings is 1. The molecule has 0 bridgehead atoms. The van der Waals surface area contributed by atoms with Gasteiger partial charge in [-0.1, -0.05) is 6.07 Å². The quantitative estimate of drug-likeness (QED) is 0.829. The van der Waals surface area contributed by atoms with Gasteiger partial charge in [-0.3, -0.25) is 4.79 Å². The second-order valence-corrected chi connectivity index (χ2v) is 5.05. The minimum Gasteiger partial charge on any atom is -0.493 e. The summed E-state index contributed by atoms with van der Waals surface area (Å²) in [6, 6.07) is 6.12. The lowest BCUT2D eigenvalue weighted by Gasteiger charge is -2.32. The first kappa shape index (κ1) is 14.8.